The van der Waals surface area contributed by atoms with Gasteiger partial charge in [0.25, 0.3) is 5.69 Å². The van der Waals surface area contributed by atoms with E-state index in [0.29, 0.717) is 0 Å². The molecule has 0 saturated carbocycles. The lowest BCUT2D eigenvalue weighted by Crippen LogP contribution is -2.33. The predicted molar refractivity (Wildman–Crippen MR) is 88.7 cm³/mol. The molecule has 1 aromatic rings. The molecule has 0 amide bonds. The zero-order chi connectivity index (χ0) is 19.4. The molecule has 1 aliphatic rings. The van der Waals surface area contributed by atoms with Crippen LogP contribution in [0.2, 0.25) is 0 Å². The Hall–Kier alpha value is -3.23. The summed E-state index contributed by atoms with van der Waals surface area (Å²) in [6.07, 6.45) is 0. The maximum Gasteiger partial charge on any atom is 0.336 e. The summed E-state index contributed by atoms with van der Waals surface area (Å²) in [5.41, 5.74) is -0.376. The number of nitro groups is 1. The molecule has 0 aliphatic carbocycles. The first-order valence-corrected chi connectivity index (χ1v) is 7.54. The third-order valence-corrected chi connectivity index (χ3v) is 4.03. The van der Waals surface area contributed by atoms with Crippen molar-refractivity contribution in [1.82, 2.24) is 5.32 Å². The van der Waals surface area contributed by atoms with Crippen molar-refractivity contribution in [3.8, 4) is 0 Å². The lowest BCUT2D eigenvalue weighted by Gasteiger charge is -2.30. The van der Waals surface area contributed by atoms with Crippen LogP contribution < -0.4 is 5.32 Å². The normalized spacial score (nSPS) is 16.8. The van der Waals surface area contributed by atoms with E-state index in [1.807, 2.05) is 0 Å². The number of carbonyl (C=O) groups excluding carboxylic acids is 2. The van der Waals surface area contributed by atoms with Crippen LogP contribution in [0.3, 0.4) is 0 Å². The highest BCUT2D eigenvalue weighted by Crippen LogP contribution is 2.42. The topological polar surface area (TPSA) is 108 Å². The van der Waals surface area contributed by atoms with Gasteiger partial charge in [0.05, 0.1) is 41.9 Å². The monoisotopic (exact) mass is 363 g/mol. The summed E-state index contributed by atoms with van der Waals surface area (Å²) in [5.74, 6) is -2.90. The average Bonchev–Trinajstić information content (AvgIpc) is 2.65. The zero-order valence-electron chi connectivity index (χ0n) is 14.4. The molecule has 1 aromatic carbocycles. The maximum atomic E-state index is 13.6. The van der Waals surface area contributed by atoms with Gasteiger partial charge in [-0.2, -0.15) is 0 Å². The Morgan fingerprint density at radius 2 is 1.77 bits per heavy atom. The van der Waals surface area contributed by atoms with Crippen molar-refractivity contribution < 1.29 is 28.4 Å². The Morgan fingerprint density at radius 3 is 2.31 bits per heavy atom. The number of methoxy groups -OCH3 is 2. The minimum Gasteiger partial charge on any atom is -0.466 e. The molecule has 1 heterocycles. The van der Waals surface area contributed by atoms with Crippen LogP contribution in [-0.2, 0) is 19.1 Å². The Bertz CT molecular complexity index is 830. The van der Waals surface area contributed by atoms with E-state index in [-0.39, 0.29) is 33.8 Å². The molecule has 0 spiro atoms. The molecule has 0 radical (unpaired) electrons. The minimum absolute atomic E-state index is 0.0283. The second-order valence-electron chi connectivity index (χ2n) is 5.42. The second-order valence-corrected chi connectivity index (χ2v) is 5.42. The first kappa shape index (κ1) is 19.1. The highest BCUT2D eigenvalue weighted by Gasteiger charge is 2.41. The number of hydrogen-bond acceptors (Lipinski definition) is 7. The minimum atomic E-state index is -1.21. The van der Waals surface area contributed by atoms with E-state index in [1.54, 1.807) is 0 Å². The largest absolute Gasteiger partial charge is 0.466 e. The van der Waals surface area contributed by atoms with Crippen LogP contribution >= 0.6 is 0 Å². The number of nitrogens with zero attached hydrogens (tertiary/aromatic N) is 1. The van der Waals surface area contributed by atoms with E-state index in [4.69, 9.17) is 9.47 Å². The standard InChI is InChI=1S/C17H17FN2O6/c1-9-13(16(21)25-2)14(10-6-4-5-7-12(10)20(23)24)15(17(22)26-3)11(8-18)19-9/h4-7,14,19H,8H2,1-3H3/i18-1. The van der Waals surface area contributed by atoms with Crippen molar-refractivity contribution in [3.63, 3.8) is 0 Å². The number of para-hydroxylation sites is 1. The molecular weight excluding hydrogens is 346 g/mol. The summed E-state index contributed by atoms with van der Waals surface area (Å²) in [4.78, 5) is 35.5. The predicted octanol–water partition coefficient (Wildman–Crippen LogP) is 2.13. The van der Waals surface area contributed by atoms with Gasteiger partial charge in [0.15, 0.2) is 0 Å². The lowest BCUT2D eigenvalue weighted by molar-refractivity contribution is -0.385. The van der Waals surface area contributed by atoms with Gasteiger partial charge in [-0.15, -0.1) is 0 Å². The van der Waals surface area contributed by atoms with Gasteiger partial charge in [0, 0.05) is 17.3 Å². The van der Waals surface area contributed by atoms with E-state index < -0.39 is 29.5 Å². The number of halogens is 1. The van der Waals surface area contributed by atoms with Crippen molar-refractivity contribution in [2.75, 3.05) is 20.9 Å². The summed E-state index contributed by atoms with van der Waals surface area (Å²) < 4.78 is 23.0. The molecule has 0 aromatic heterocycles. The van der Waals surface area contributed by atoms with Gasteiger partial charge in [-0.05, 0) is 6.92 Å². The van der Waals surface area contributed by atoms with Crippen LogP contribution in [0.15, 0.2) is 46.8 Å². The molecule has 0 saturated heterocycles. The Labute approximate surface area is 148 Å². The van der Waals surface area contributed by atoms with Crippen LogP contribution in [0.1, 0.15) is 18.4 Å². The number of hydrogen-bond donors (Lipinski definition) is 1. The number of ether oxygens (including phenoxy) is 2. The average molecular weight is 363 g/mol. The first-order chi connectivity index (χ1) is 12.4. The number of esters is 2. The first-order valence-electron chi connectivity index (χ1n) is 7.54. The SMILES string of the molecule is COC(=O)C1=C(C)NC(C[18F])=C(C(=O)OC)C1c1ccccc1[N+](=O)[O-]. The van der Waals surface area contributed by atoms with Crippen molar-refractivity contribution in [3.05, 3.63) is 62.5 Å². The third-order valence-electron chi connectivity index (χ3n) is 4.03. The number of dihydropyridines is 1. The van der Waals surface area contributed by atoms with Gasteiger partial charge < -0.3 is 14.8 Å². The maximum absolute atomic E-state index is 13.6. The molecule has 138 valence electrons. The Balaban J connectivity index is 2.84. The fourth-order valence-corrected chi connectivity index (χ4v) is 2.94. The van der Waals surface area contributed by atoms with Gasteiger partial charge in [-0.25, -0.2) is 14.0 Å². The number of nitrogens with one attached hydrogen (secondary N) is 1. The molecule has 1 atom stereocenters. The van der Waals surface area contributed by atoms with E-state index in [2.05, 4.69) is 5.32 Å². The third kappa shape index (κ3) is 3.28. The highest BCUT2D eigenvalue weighted by molar-refractivity contribution is 6.00. The number of rotatable bonds is 5. The summed E-state index contributed by atoms with van der Waals surface area (Å²) in [6, 6.07) is 5.63. The molecule has 1 aliphatic heterocycles. The van der Waals surface area contributed by atoms with Gasteiger partial charge in [-0.1, -0.05) is 18.2 Å². The lowest BCUT2D eigenvalue weighted by atomic mass is 9.79. The molecule has 26 heavy (non-hydrogen) atoms. The van der Waals surface area contributed by atoms with Crippen molar-refractivity contribution >= 4 is 17.6 Å². The van der Waals surface area contributed by atoms with Crippen LogP contribution in [0.25, 0.3) is 0 Å². The molecule has 1 unspecified atom stereocenters. The van der Waals surface area contributed by atoms with Crippen LogP contribution in [0.5, 0.6) is 0 Å². The molecule has 9 heteroatoms. The van der Waals surface area contributed by atoms with Gasteiger partial charge in [-0.3, -0.25) is 10.1 Å². The molecule has 1 N–H and O–H groups in total. The highest BCUT2D eigenvalue weighted by atomic mass is 18.2. The summed E-state index contributed by atoms with van der Waals surface area (Å²) in [7, 11) is 2.25. The molecular formula is C17H17FN2O6. The summed E-state index contributed by atoms with van der Waals surface area (Å²) >= 11 is 0. The Kier molecular flexibility index (Phi) is 5.71. The van der Waals surface area contributed by atoms with E-state index in [1.165, 1.54) is 31.2 Å². The van der Waals surface area contributed by atoms with Crippen molar-refractivity contribution in [2.24, 2.45) is 0 Å². The molecule has 0 bridgehead atoms. The molecule has 0 fully saturated rings. The quantitative estimate of drug-likeness (QED) is 0.485. The van der Waals surface area contributed by atoms with E-state index in [0.717, 1.165) is 14.2 Å². The van der Waals surface area contributed by atoms with Gasteiger partial charge in [0.2, 0.25) is 0 Å². The summed E-state index contributed by atoms with van der Waals surface area (Å²) in [5, 5.41) is 14.1. The van der Waals surface area contributed by atoms with Crippen molar-refractivity contribution in [1.29, 1.82) is 0 Å². The number of nitro benzene ring substituents is 1. The molecule has 8 nitrogen and oxygen atoms in total. The van der Waals surface area contributed by atoms with Gasteiger partial charge in [0.1, 0.15) is 6.67 Å². The van der Waals surface area contributed by atoms with E-state index in [9.17, 15) is 24.1 Å². The fraction of sp³-hybridized carbons (Fsp3) is 0.294. The van der Waals surface area contributed by atoms with Crippen molar-refractivity contribution in [2.45, 2.75) is 12.8 Å². The van der Waals surface area contributed by atoms with Crippen LogP contribution in [0.4, 0.5) is 10.1 Å². The zero-order valence-corrected chi connectivity index (χ0v) is 14.4. The fourth-order valence-electron chi connectivity index (χ4n) is 2.94. The van der Waals surface area contributed by atoms with Crippen LogP contribution in [0, 0.1) is 10.1 Å². The number of alkyl halides is 1. The number of carbonyl (C=O) groups is 2. The second kappa shape index (κ2) is 7.77. The van der Waals surface area contributed by atoms with Gasteiger partial charge >= 0.3 is 11.9 Å². The van der Waals surface area contributed by atoms with Crippen LogP contribution in [-0.4, -0.2) is 37.8 Å². The number of allylic oxidation sites excluding steroid dienone is 2. The number of benzene rings is 1. The smallest absolute Gasteiger partial charge is 0.336 e. The molecule has 2 rings (SSSR count). The van der Waals surface area contributed by atoms with E-state index >= 15 is 0 Å². The Morgan fingerprint density at radius 1 is 1.19 bits per heavy atom. The summed E-state index contributed by atoms with van der Waals surface area (Å²) in [6.45, 7) is 0.450.